The Kier molecular flexibility index (Phi) is 5.80. The quantitative estimate of drug-likeness (QED) is 0.809. The lowest BCUT2D eigenvalue weighted by Gasteiger charge is -2.18. The van der Waals surface area contributed by atoms with Crippen LogP contribution in [0.5, 0.6) is 11.5 Å². The van der Waals surface area contributed by atoms with Crippen molar-refractivity contribution in [2.75, 3.05) is 12.4 Å². The Balaban J connectivity index is 2.13. The maximum atomic E-state index is 12.4. The Hall–Kier alpha value is -2.82. The largest absolute Gasteiger partial charge is 0.493 e. The number of anilines is 1. The fourth-order valence-corrected chi connectivity index (χ4v) is 2.33. The smallest absolute Gasteiger partial charge is 0.265 e. The molecule has 0 heterocycles. The molecule has 0 saturated heterocycles. The molecule has 0 aromatic heterocycles. The van der Waals surface area contributed by atoms with E-state index in [1.165, 1.54) is 14.0 Å². The van der Waals surface area contributed by atoms with Crippen molar-refractivity contribution in [2.24, 2.45) is 0 Å². The zero-order chi connectivity index (χ0) is 18.6. The van der Waals surface area contributed by atoms with Crippen LogP contribution in [0, 0.1) is 13.8 Å². The minimum absolute atomic E-state index is 0.0643. The highest BCUT2D eigenvalue weighted by molar-refractivity contribution is 5.95. The van der Waals surface area contributed by atoms with Crippen LogP contribution in [0.2, 0.25) is 0 Å². The number of hydrogen-bond acceptors (Lipinski definition) is 4. The molecule has 0 unspecified atom stereocenters. The van der Waals surface area contributed by atoms with E-state index in [-0.39, 0.29) is 11.7 Å². The molecule has 25 heavy (non-hydrogen) atoms. The molecule has 0 radical (unpaired) electrons. The molecule has 2 aromatic carbocycles. The summed E-state index contributed by atoms with van der Waals surface area (Å²) in [4.78, 5) is 23.9. The SMILES string of the molecule is COc1cc(C(C)=O)ccc1O[C@@H](C)C(=O)Nc1cc(C)ccc1C. The van der Waals surface area contributed by atoms with Crippen molar-refractivity contribution in [2.45, 2.75) is 33.8 Å². The monoisotopic (exact) mass is 341 g/mol. The molecule has 132 valence electrons. The average molecular weight is 341 g/mol. The van der Waals surface area contributed by atoms with Gasteiger partial charge in [-0.2, -0.15) is 0 Å². The van der Waals surface area contributed by atoms with E-state index in [0.717, 1.165) is 16.8 Å². The van der Waals surface area contributed by atoms with Crippen LogP contribution in [0.15, 0.2) is 36.4 Å². The van der Waals surface area contributed by atoms with Gasteiger partial charge in [-0.25, -0.2) is 0 Å². The summed E-state index contributed by atoms with van der Waals surface area (Å²) in [5, 5.41) is 2.88. The Labute approximate surface area is 148 Å². The Morgan fingerprint density at radius 2 is 1.76 bits per heavy atom. The molecule has 1 amide bonds. The fraction of sp³-hybridized carbons (Fsp3) is 0.300. The zero-order valence-electron chi connectivity index (χ0n) is 15.2. The van der Waals surface area contributed by atoms with Crippen molar-refractivity contribution in [3.8, 4) is 11.5 Å². The van der Waals surface area contributed by atoms with Gasteiger partial charge in [0.15, 0.2) is 23.4 Å². The summed E-state index contributed by atoms with van der Waals surface area (Å²) in [6.45, 7) is 7.05. The van der Waals surface area contributed by atoms with E-state index in [0.29, 0.717) is 17.1 Å². The average Bonchev–Trinajstić information content (AvgIpc) is 2.58. The van der Waals surface area contributed by atoms with Gasteiger partial charge < -0.3 is 14.8 Å². The number of carbonyl (C=O) groups is 2. The van der Waals surface area contributed by atoms with Gasteiger partial charge in [-0.3, -0.25) is 9.59 Å². The number of aryl methyl sites for hydroxylation is 2. The Morgan fingerprint density at radius 3 is 2.40 bits per heavy atom. The lowest BCUT2D eigenvalue weighted by molar-refractivity contribution is -0.122. The van der Waals surface area contributed by atoms with Crippen LogP contribution in [0.1, 0.15) is 35.3 Å². The summed E-state index contributed by atoms with van der Waals surface area (Å²) in [5.74, 6) is 0.507. The minimum Gasteiger partial charge on any atom is -0.493 e. The molecule has 1 N–H and O–H groups in total. The molecule has 0 aliphatic rings. The van der Waals surface area contributed by atoms with E-state index in [4.69, 9.17) is 9.47 Å². The molecule has 2 rings (SSSR count). The van der Waals surface area contributed by atoms with E-state index in [2.05, 4.69) is 5.32 Å². The van der Waals surface area contributed by atoms with Gasteiger partial charge in [0.1, 0.15) is 0 Å². The van der Waals surface area contributed by atoms with Crippen molar-refractivity contribution in [1.29, 1.82) is 0 Å². The third-order valence-corrected chi connectivity index (χ3v) is 3.89. The first-order chi connectivity index (χ1) is 11.8. The zero-order valence-corrected chi connectivity index (χ0v) is 15.2. The number of Topliss-reactive ketones (excluding diaryl/α,β-unsaturated/α-hetero) is 1. The molecule has 5 heteroatoms. The molecule has 2 aromatic rings. The highest BCUT2D eigenvalue weighted by atomic mass is 16.5. The molecular formula is C20H23NO4. The van der Waals surface area contributed by atoms with Crippen LogP contribution in [-0.2, 0) is 4.79 Å². The summed E-state index contributed by atoms with van der Waals surface area (Å²) in [6, 6.07) is 10.8. The van der Waals surface area contributed by atoms with Crippen LogP contribution in [0.3, 0.4) is 0 Å². The van der Waals surface area contributed by atoms with Gasteiger partial charge in [0.05, 0.1) is 7.11 Å². The van der Waals surface area contributed by atoms with Gasteiger partial charge in [0.25, 0.3) is 5.91 Å². The van der Waals surface area contributed by atoms with Gasteiger partial charge >= 0.3 is 0 Å². The normalized spacial score (nSPS) is 11.6. The predicted octanol–water partition coefficient (Wildman–Crippen LogP) is 3.92. The van der Waals surface area contributed by atoms with Crippen molar-refractivity contribution < 1.29 is 19.1 Å². The van der Waals surface area contributed by atoms with Gasteiger partial charge in [-0.1, -0.05) is 12.1 Å². The van der Waals surface area contributed by atoms with Gasteiger partial charge in [0.2, 0.25) is 0 Å². The number of methoxy groups -OCH3 is 1. The first kappa shape index (κ1) is 18.5. The number of ketones is 1. The van der Waals surface area contributed by atoms with Gasteiger partial charge in [-0.05, 0) is 63.1 Å². The molecule has 1 atom stereocenters. The maximum absolute atomic E-state index is 12.4. The predicted molar refractivity (Wildman–Crippen MR) is 97.6 cm³/mol. The molecular weight excluding hydrogens is 318 g/mol. The van der Waals surface area contributed by atoms with Gasteiger partial charge in [0, 0.05) is 11.3 Å². The molecule has 0 fully saturated rings. The van der Waals surface area contributed by atoms with Crippen molar-refractivity contribution >= 4 is 17.4 Å². The molecule has 0 spiro atoms. The van der Waals surface area contributed by atoms with E-state index in [9.17, 15) is 9.59 Å². The van der Waals surface area contributed by atoms with Crippen molar-refractivity contribution in [1.82, 2.24) is 0 Å². The van der Waals surface area contributed by atoms with E-state index in [1.807, 2.05) is 32.0 Å². The number of carbonyl (C=O) groups excluding carboxylic acids is 2. The van der Waals surface area contributed by atoms with E-state index < -0.39 is 6.10 Å². The van der Waals surface area contributed by atoms with Crippen LogP contribution < -0.4 is 14.8 Å². The van der Waals surface area contributed by atoms with Crippen LogP contribution in [-0.4, -0.2) is 24.9 Å². The third kappa shape index (κ3) is 4.59. The Bertz CT molecular complexity index is 798. The van der Waals surface area contributed by atoms with E-state index >= 15 is 0 Å². The maximum Gasteiger partial charge on any atom is 0.265 e. The number of hydrogen-bond donors (Lipinski definition) is 1. The van der Waals surface area contributed by atoms with Crippen LogP contribution in [0.4, 0.5) is 5.69 Å². The highest BCUT2D eigenvalue weighted by Gasteiger charge is 2.18. The molecule has 0 aliphatic heterocycles. The number of nitrogens with one attached hydrogen (secondary N) is 1. The number of ether oxygens (including phenoxy) is 2. The third-order valence-electron chi connectivity index (χ3n) is 3.89. The topological polar surface area (TPSA) is 64.6 Å². The number of benzene rings is 2. The van der Waals surface area contributed by atoms with Crippen molar-refractivity contribution in [3.63, 3.8) is 0 Å². The summed E-state index contributed by atoms with van der Waals surface area (Å²) in [5.41, 5.74) is 3.33. The minimum atomic E-state index is -0.725. The highest BCUT2D eigenvalue weighted by Crippen LogP contribution is 2.29. The standard InChI is InChI=1S/C20H23NO4/c1-12-6-7-13(2)17(10-12)21-20(23)15(4)25-18-9-8-16(14(3)22)11-19(18)24-5/h6-11,15H,1-5H3,(H,21,23)/t15-/m0/s1. The van der Waals surface area contributed by atoms with Crippen molar-refractivity contribution in [3.05, 3.63) is 53.1 Å². The fourth-order valence-electron chi connectivity index (χ4n) is 2.33. The Morgan fingerprint density at radius 1 is 1.04 bits per heavy atom. The summed E-state index contributed by atoms with van der Waals surface area (Å²) in [7, 11) is 1.49. The molecule has 5 nitrogen and oxygen atoms in total. The van der Waals surface area contributed by atoms with E-state index in [1.54, 1.807) is 25.1 Å². The van der Waals surface area contributed by atoms with Gasteiger partial charge in [-0.15, -0.1) is 0 Å². The molecule has 0 aliphatic carbocycles. The second kappa shape index (κ2) is 7.83. The first-order valence-corrected chi connectivity index (χ1v) is 8.05. The lowest BCUT2D eigenvalue weighted by Crippen LogP contribution is -2.30. The summed E-state index contributed by atoms with van der Waals surface area (Å²) in [6.07, 6.45) is -0.725. The second-order valence-corrected chi connectivity index (χ2v) is 5.99. The first-order valence-electron chi connectivity index (χ1n) is 8.05. The summed E-state index contributed by atoms with van der Waals surface area (Å²) >= 11 is 0. The summed E-state index contributed by atoms with van der Waals surface area (Å²) < 4.78 is 11.0. The molecule has 0 saturated carbocycles. The second-order valence-electron chi connectivity index (χ2n) is 5.99. The molecule has 0 bridgehead atoms. The number of rotatable bonds is 6. The van der Waals surface area contributed by atoms with Crippen LogP contribution >= 0.6 is 0 Å². The number of amides is 1. The van der Waals surface area contributed by atoms with Crippen LogP contribution in [0.25, 0.3) is 0 Å². The lowest BCUT2D eigenvalue weighted by atomic mass is 10.1.